The fraction of sp³-hybridized carbons (Fsp3) is 0.462. The molecule has 1 unspecified atom stereocenters. The zero-order chi connectivity index (χ0) is 13.5. The monoisotopic (exact) mass is 255 g/mol. The Morgan fingerprint density at radius 3 is 2.89 bits per heavy atom. The molecule has 1 atom stereocenters. The number of carbonyl (C=O) groups excluding carboxylic acids is 1. The maximum atomic E-state index is 13.0. The van der Waals surface area contributed by atoms with Gasteiger partial charge in [-0.05, 0) is 24.6 Å². The molecule has 4 nitrogen and oxygen atoms in total. The first kappa shape index (κ1) is 14.4. The number of phenolic OH excluding ortho intramolecular Hbond substituents is 1. The smallest absolute Gasteiger partial charge is 0.255 e. The summed E-state index contributed by atoms with van der Waals surface area (Å²) in [7, 11) is 1.55. The van der Waals surface area contributed by atoms with Crippen LogP contribution in [0.1, 0.15) is 30.1 Å². The van der Waals surface area contributed by atoms with Crippen molar-refractivity contribution in [2.75, 3.05) is 13.7 Å². The van der Waals surface area contributed by atoms with E-state index in [9.17, 15) is 14.3 Å². The van der Waals surface area contributed by atoms with Gasteiger partial charge in [0.05, 0.1) is 18.2 Å². The van der Waals surface area contributed by atoms with Crippen molar-refractivity contribution in [3.63, 3.8) is 0 Å². The highest BCUT2D eigenvalue weighted by Crippen LogP contribution is 2.18. The molecule has 0 heterocycles. The molecule has 0 aliphatic carbocycles. The Bertz CT molecular complexity index is 403. The van der Waals surface area contributed by atoms with Gasteiger partial charge in [0.2, 0.25) is 0 Å². The van der Waals surface area contributed by atoms with Crippen molar-refractivity contribution in [3.05, 3.63) is 29.6 Å². The van der Waals surface area contributed by atoms with Crippen molar-refractivity contribution < 1.29 is 19.0 Å². The van der Waals surface area contributed by atoms with E-state index in [-0.39, 0.29) is 17.4 Å². The minimum Gasteiger partial charge on any atom is -0.507 e. The molecule has 100 valence electrons. The predicted octanol–water partition coefficient (Wildman–Crippen LogP) is 2.08. The lowest BCUT2D eigenvalue weighted by Gasteiger charge is -2.17. The Balaban J connectivity index is 2.76. The second kappa shape index (κ2) is 6.96. The molecule has 0 saturated heterocycles. The summed E-state index contributed by atoms with van der Waals surface area (Å²) in [6, 6.07) is 3.14. The maximum absolute atomic E-state index is 13.0. The number of hydrogen-bond acceptors (Lipinski definition) is 3. The average Bonchev–Trinajstić information content (AvgIpc) is 2.33. The third-order valence-corrected chi connectivity index (χ3v) is 2.54. The lowest BCUT2D eigenvalue weighted by Crippen LogP contribution is -2.38. The van der Waals surface area contributed by atoms with Gasteiger partial charge in [-0.1, -0.05) is 13.3 Å². The summed E-state index contributed by atoms with van der Waals surface area (Å²) in [6.45, 7) is 2.38. The van der Waals surface area contributed by atoms with E-state index in [0.717, 1.165) is 31.0 Å². The van der Waals surface area contributed by atoms with Crippen LogP contribution in [0.2, 0.25) is 0 Å². The van der Waals surface area contributed by atoms with Crippen LogP contribution in [0.15, 0.2) is 18.2 Å². The van der Waals surface area contributed by atoms with Crippen LogP contribution in [-0.4, -0.2) is 30.8 Å². The Morgan fingerprint density at radius 1 is 1.56 bits per heavy atom. The van der Waals surface area contributed by atoms with Gasteiger partial charge in [0.15, 0.2) is 0 Å². The normalized spacial score (nSPS) is 12.2. The Hall–Kier alpha value is -1.62. The van der Waals surface area contributed by atoms with Crippen LogP contribution in [0.25, 0.3) is 0 Å². The molecule has 1 aromatic rings. The lowest BCUT2D eigenvalue weighted by molar-refractivity contribution is 0.0888. The Kier molecular flexibility index (Phi) is 5.58. The van der Waals surface area contributed by atoms with E-state index in [1.54, 1.807) is 7.11 Å². The van der Waals surface area contributed by atoms with Crippen molar-refractivity contribution in [3.8, 4) is 5.75 Å². The topological polar surface area (TPSA) is 58.6 Å². The van der Waals surface area contributed by atoms with Gasteiger partial charge in [-0.2, -0.15) is 0 Å². The van der Waals surface area contributed by atoms with Crippen molar-refractivity contribution in [1.29, 1.82) is 0 Å². The molecule has 18 heavy (non-hydrogen) atoms. The molecule has 1 rings (SSSR count). The van der Waals surface area contributed by atoms with Crippen LogP contribution in [0.5, 0.6) is 5.75 Å². The lowest BCUT2D eigenvalue weighted by atomic mass is 10.1. The molecule has 0 saturated carbocycles. The molecular weight excluding hydrogens is 237 g/mol. The second-order valence-corrected chi connectivity index (χ2v) is 4.08. The molecule has 1 aromatic carbocycles. The molecule has 0 spiro atoms. The van der Waals surface area contributed by atoms with Gasteiger partial charge < -0.3 is 15.2 Å². The average molecular weight is 255 g/mol. The first-order valence-electron chi connectivity index (χ1n) is 5.86. The van der Waals surface area contributed by atoms with Crippen LogP contribution in [0.3, 0.4) is 0 Å². The molecule has 0 aliphatic heterocycles. The third kappa shape index (κ3) is 4.00. The van der Waals surface area contributed by atoms with Crippen LogP contribution in [0, 0.1) is 5.82 Å². The van der Waals surface area contributed by atoms with Gasteiger partial charge in [0.25, 0.3) is 5.91 Å². The number of amides is 1. The number of nitrogens with one attached hydrogen (secondary N) is 1. The van der Waals surface area contributed by atoms with Crippen molar-refractivity contribution in [2.45, 2.75) is 25.8 Å². The van der Waals surface area contributed by atoms with E-state index in [2.05, 4.69) is 5.32 Å². The molecule has 0 aromatic heterocycles. The standard InChI is InChI=1S/C13H18FNO3/c1-3-4-10(8-18-2)15-13(17)11-7-9(14)5-6-12(11)16/h5-7,10,16H,3-4,8H2,1-2H3,(H,15,17). The van der Waals surface area contributed by atoms with Gasteiger partial charge in [-0.15, -0.1) is 0 Å². The van der Waals surface area contributed by atoms with E-state index in [0.29, 0.717) is 6.61 Å². The molecule has 1 amide bonds. The number of halogens is 1. The van der Waals surface area contributed by atoms with E-state index < -0.39 is 11.7 Å². The summed E-state index contributed by atoms with van der Waals surface area (Å²) in [5, 5.41) is 12.2. The fourth-order valence-corrected chi connectivity index (χ4v) is 1.70. The molecule has 0 bridgehead atoms. The molecule has 5 heteroatoms. The number of phenols is 1. The number of carbonyl (C=O) groups is 1. The minimum atomic E-state index is -0.559. The quantitative estimate of drug-likeness (QED) is 0.818. The minimum absolute atomic E-state index is 0.0628. The molecule has 0 radical (unpaired) electrons. The predicted molar refractivity (Wildman–Crippen MR) is 66.1 cm³/mol. The number of benzene rings is 1. The van der Waals surface area contributed by atoms with Crippen LogP contribution in [0.4, 0.5) is 4.39 Å². The first-order valence-corrected chi connectivity index (χ1v) is 5.86. The summed E-state index contributed by atoms with van der Waals surface area (Å²) < 4.78 is 18.0. The Morgan fingerprint density at radius 2 is 2.28 bits per heavy atom. The largest absolute Gasteiger partial charge is 0.507 e. The SMILES string of the molecule is CCCC(COC)NC(=O)c1cc(F)ccc1O. The van der Waals surface area contributed by atoms with Gasteiger partial charge in [0.1, 0.15) is 11.6 Å². The van der Waals surface area contributed by atoms with Crippen LogP contribution < -0.4 is 5.32 Å². The van der Waals surface area contributed by atoms with Crippen molar-refractivity contribution in [2.24, 2.45) is 0 Å². The van der Waals surface area contributed by atoms with Gasteiger partial charge in [-0.25, -0.2) is 4.39 Å². The fourth-order valence-electron chi connectivity index (χ4n) is 1.70. The van der Waals surface area contributed by atoms with E-state index in [1.165, 1.54) is 0 Å². The van der Waals surface area contributed by atoms with E-state index >= 15 is 0 Å². The van der Waals surface area contributed by atoms with Crippen LogP contribution in [-0.2, 0) is 4.74 Å². The summed E-state index contributed by atoms with van der Waals surface area (Å²) in [4.78, 5) is 11.9. The van der Waals surface area contributed by atoms with E-state index in [1.807, 2.05) is 6.92 Å². The summed E-state index contributed by atoms with van der Waals surface area (Å²) in [5.41, 5.74) is -0.0628. The number of rotatable bonds is 6. The Labute approximate surface area is 106 Å². The van der Waals surface area contributed by atoms with E-state index in [4.69, 9.17) is 4.74 Å². The molecule has 0 fully saturated rings. The highest BCUT2D eigenvalue weighted by Gasteiger charge is 2.16. The van der Waals surface area contributed by atoms with Gasteiger partial charge >= 0.3 is 0 Å². The van der Waals surface area contributed by atoms with Crippen molar-refractivity contribution in [1.82, 2.24) is 5.32 Å². The highest BCUT2D eigenvalue weighted by molar-refractivity contribution is 5.96. The van der Waals surface area contributed by atoms with Crippen molar-refractivity contribution >= 4 is 5.91 Å². The summed E-state index contributed by atoms with van der Waals surface area (Å²) in [5.74, 6) is -1.29. The molecule has 2 N–H and O–H groups in total. The maximum Gasteiger partial charge on any atom is 0.255 e. The number of methoxy groups -OCH3 is 1. The molecular formula is C13H18FNO3. The summed E-state index contributed by atoms with van der Waals surface area (Å²) >= 11 is 0. The zero-order valence-electron chi connectivity index (χ0n) is 10.6. The first-order chi connectivity index (χ1) is 8.58. The third-order valence-electron chi connectivity index (χ3n) is 2.54. The number of hydrogen-bond donors (Lipinski definition) is 2. The van der Waals surface area contributed by atoms with Gasteiger partial charge in [-0.3, -0.25) is 4.79 Å². The highest BCUT2D eigenvalue weighted by atomic mass is 19.1. The molecule has 0 aliphatic rings. The van der Waals surface area contributed by atoms with Gasteiger partial charge in [0, 0.05) is 7.11 Å². The summed E-state index contributed by atoms with van der Waals surface area (Å²) in [6.07, 6.45) is 1.65. The van der Waals surface area contributed by atoms with Crippen LogP contribution >= 0.6 is 0 Å². The number of ether oxygens (including phenoxy) is 1. The zero-order valence-corrected chi connectivity index (χ0v) is 10.6. The number of aromatic hydroxyl groups is 1. The second-order valence-electron chi connectivity index (χ2n) is 4.08.